The van der Waals surface area contributed by atoms with E-state index < -0.39 is 0 Å². The van der Waals surface area contributed by atoms with Crippen LogP contribution in [0.25, 0.3) is 11.4 Å². The van der Waals surface area contributed by atoms with Crippen molar-refractivity contribution in [2.45, 2.75) is 0 Å². The van der Waals surface area contributed by atoms with Gasteiger partial charge in [-0.25, -0.2) is 5.10 Å². The lowest BCUT2D eigenvalue weighted by molar-refractivity contribution is 0.349. The first kappa shape index (κ1) is 19.1. The van der Waals surface area contributed by atoms with E-state index in [1.165, 1.54) is 0 Å². The highest BCUT2D eigenvalue weighted by Gasteiger charge is 2.13. The molecular formula is C18H17BrN4O3S. The molecule has 0 aliphatic heterocycles. The van der Waals surface area contributed by atoms with Crippen molar-refractivity contribution < 1.29 is 14.2 Å². The average molecular weight is 449 g/mol. The number of nitrogens with zero attached hydrogens (tertiary/aromatic N) is 3. The highest BCUT2D eigenvalue weighted by Crippen LogP contribution is 2.34. The van der Waals surface area contributed by atoms with E-state index in [0.29, 0.717) is 33.4 Å². The van der Waals surface area contributed by atoms with Gasteiger partial charge in [0.15, 0.2) is 17.3 Å². The molecule has 0 saturated carbocycles. The van der Waals surface area contributed by atoms with Crippen LogP contribution in [-0.2, 0) is 0 Å². The van der Waals surface area contributed by atoms with E-state index in [9.17, 15) is 0 Å². The second kappa shape index (κ2) is 8.36. The predicted molar refractivity (Wildman–Crippen MR) is 110 cm³/mol. The molecule has 140 valence electrons. The Morgan fingerprint density at radius 1 is 1.07 bits per heavy atom. The quantitative estimate of drug-likeness (QED) is 0.449. The van der Waals surface area contributed by atoms with Crippen LogP contribution in [0.3, 0.4) is 0 Å². The van der Waals surface area contributed by atoms with E-state index in [-0.39, 0.29) is 0 Å². The Bertz CT molecular complexity index is 1050. The van der Waals surface area contributed by atoms with E-state index >= 15 is 0 Å². The monoisotopic (exact) mass is 448 g/mol. The molecule has 0 unspecified atom stereocenters. The van der Waals surface area contributed by atoms with Crippen LogP contribution in [0.1, 0.15) is 5.56 Å². The molecule has 0 saturated heterocycles. The van der Waals surface area contributed by atoms with Crippen molar-refractivity contribution in [3.05, 3.63) is 51.2 Å². The standard InChI is InChI=1S/C18H17BrN4O3S/c1-24-14-9-16(26-3)15(25-2)8-11(14)10-20-23-17(21-22-18(23)27)12-6-4-5-7-13(12)19/h4-10H,1-3H3,(H,22,27)/b20-10-. The molecule has 1 heterocycles. The lowest BCUT2D eigenvalue weighted by Crippen LogP contribution is -1.99. The van der Waals surface area contributed by atoms with Crippen LogP contribution in [0.2, 0.25) is 0 Å². The second-order valence-electron chi connectivity index (χ2n) is 5.34. The van der Waals surface area contributed by atoms with Gasteiger partial charge < -0.3 is 14.2 Å². The van der Waals surface area contributed by atoms with E-state index in [1.54, 1.807) is 44.4 Å². The summed E-state index contributed by atoms with van der Waals surface area (Å²) in [6.45, 7) is 0. The zero-order valence-corrected chi connectivity index (χ0v) is 17.3. The van der Waals surface area contributed by atoms with Gasteiger partial charge in [-0.3, -0.25) is 0 Å². The summed E-state index contributed by atoms with van der Waals surface area (Å²) in [5.41, 5.74) is 1.57. The Morgan fingerprint density at radius 2 is 1.74 bits per heavy atom. The molecular weight excluding hydrogens is 432 g/mol. The number of rotatable bonds is 6. The summed E-state index contributed by atoms with van der Waals surface area (Å²) in [6, 6.07) is 11.2. The van der Waals surface area contributed by atoms with Crippen LogP contribution in [0.4, 0.5) is 0 Å². The summed E-state index contributed by atoms with van der Waals surface area (Å²) in [4.78, 5) is 0. The molecule has 0 fully saturated rings. The number of methoxy groups -OCH3 is 3. The van der Waals surface area contributed by atoms with Gasteiger partial charge in [0.05, 0.1) is 27.5 Å². The van der Waals surface area contributed by atoms with Crippen molar-refractivity contribution in [1.29, 1.82) is 0 Å². The van der Waals surface area contributed by atoms with Gasteiger partial charge >= 0.3 is 0 Å². The first-order chi connectivity index (χ1) is 13.1. The van der Waals surface area contributed by atoms with Gasteiger partial charge in [-0.15, -0.1) is 0 Å². The number of benzene rings is 2. The van der Waals surface area contributed by atoms with Crippen LogP contribution in [0.15, 0.2) is 46.0 Å². The Balaban J connectivity index is 2.07. The largest absolute Gasteiger partial charge is 0.496 e. The second-order valence-corrected chi connectivity index (χ2v) is 6.58. The number of halogens is 1. The molecule has 0 amide bonds. The van der Waals surface area contributed by atoms with Crippen molar-refractivity contribution in [3.8, 4) is 28.6 Å². The molecule has 0 bridgehead atoms. The Kier molecular flexibility index (Phi) is 5.92. The molecule has 27 heavy (non-hydrogen) atoms. The van der Waals surface area contributed by atoms with Crippen LogP contribution in [0.5, 0.6) is 17.2 Å². The molecule has 7 nitrogen and oxygen atoms in total. The Hall–Kier alpha value is -2.65. The van der Waals surface area contributed by atoms with Crippen molar-refractivity contribution in [3.63, 3.8) is 0 Å². The molecule has 0 atom stereocenters. The van der Waals surface area contributed by atoms with Gasteiger partial charge in [-0.2, -0.15) is 14.9 Å². The third kappa shape index (κ3) is 3.88. The van der Waals surface area contributed by atoms with Crippen LogP contribution < -0.4 is 14.2 Å². The molecule has 1 aromatic heterocycles. The fraction of sp³-hybridized carbons (Fsp3) is 0.167. The SMILES string of the molecule is COc1cc(OC)c(OC)cc1/C=N\n1c(-c2ccccc2Br)n[nH]c1=S. The first-order valence-corrected chi connectivity index (χ1v) is 9.05. The van der Waals surface area contributed by atoms with Crippen molar-refractivity contribution >= 4 is 34.4 Å². The normalized spacial score (nSPS) is 11.0. The van der Waals surface area contributed by atoms with E-state index in [0.717, 1.165) is 10.0 Å². The summed E-state index contributed by atoms with van der Waals surface area (Å²) >= 11 is 8.85. The minimum atomic E-state index is 0.372. The molecule has 0 aliphatic carbocycles. The van der Waals surface area contributed by atoms with Gasteiger partial charge in [0.25, 0.3) is 0 Å². The average Bonchev–Trinajstić information content (AvgIpc) is 3.06. The zero-order chi connectivity index (χ0) is 19.4. The van der Waals surface area contributed by atoms with Gasteiger partial charge in [0, 0.05) is 21.7 Å². The first-order valence-electron chi connectivity index (χ1n) is 7.85. The Labute approximate surface area is 169 Å². The molecule has 9 heteroatoms. The summed E-state index contributed by atoms with van der Waals surface area (Å²) in [5, 5.41) is 11.6. The molecule has 0 spiro atoms. The minimum absolute atomic E-state index is 0.372. The minimum Gasteiger partial charge on any atom is -0.496 e. The lowest BCUT2D eigenvalue weighted by Gasteiger charge is -2.11. The molecule has 0 aliphatic rings. The maximum Gasteiger partial charge on any atom is 0.216 e. The van der Waals surface area contributed by atoms with E-state index in [1.807, 2.05) is 24.3 Å². The fourth-order valence-electron chi connectivity index (χ4n) is 2.49. The number of hydrogen-bond donors (Lipinski definition) is 1. The van der Waals surface area contributed by atoms with Gasteiger partial charge in [-0.1, -0.05) is 28.1 Å². The summed E-state index contributed by atoms with van der Waals surface area (Å²) < 4.78 is 18.9. The predicted octanol–water partition coefficient (Wildman–Crippen LogP) is 4.28. The summed E-state index contributed by atoms with van der Waals surface area (Å²) in [6.07, 6.45) is 1.63. The maximum atomic E-state index is 5.43. The van der Waals surface area contributed by atoms with E-state index in [2.05, 4.69) is 31.2 Å². The lowest BCUT2D eigenvalue weighted by atomic mass is 10.2. The van der Waals surface area contributed by atoms with E-state index in [4.69, 9.17) is 26.4 Å². The number of aromatic amines is 1. The van der Waals surface area contributed by atoms with Crippen molar-refractivity contribution in [2.24, 2.45) is 5.10 Å². The zero-order valence-electron chi connectivity index (χ0n) is 14.9. The van der Waals surface area contributed by atoms with Gasteiger partial charge in [0.2, 0.25) is 4.77 Å². The molecule has 1 N–H and O–H groups in total. The van der Waals surface area contributed by atoms with Crippen LogP contribution >= 0.6 is 28.1 Å². The van der Waals surface area contributed by atoms with Gasteiger partial charge in [-0.05, 0) is 30.4 Å². The summed E-state index contributed by atoms with van der Waals surface area (Å²) in [7, 11) is 4.72. The number of ether oxygens (including phenoxy) is 3. The van der Waals surface area contributed by atoms with Crippen molar-refractivity contribution in [1.82, 2.24) is 14.9 Å². The molecule has 3 aromatic rings. The number of nitrogens with one attached hydrogen (secondary N) is 1. The van der Waals surface area contributed by atoms with Crippen molar-refractivity contribution in [2.75, 3.05) is 21.3 Å². The topological polar surface area (TPSA) is 73.7 Å². The van der Waals surface area contributed by atoms with Crippen LogP contribution in [0, 0.1) is 4.77 Å². The third-order valence-electron chi connectivity index (χ3n) is 3.81. The molecule has 2 aromatic carbocycles. The number of aromatic nitrogens is 3. The summed E-state index contributed by atoms with van der Waals surface area (Å²) in [5.74, 6) is 2.32. The maximum absolute atomic E-state index is 5.43. The molecule has 0 radical (unpaired) electrons. The van der Waals surface area contributed by atoms with Crippen LogP contribution in [-0.4, -0.2) is 42.4 Å². The highest BCUT2D eigenvalue weighted by atomic mass is 79.9. The fourth-order valence-corrected chi connectivity index (χ4v) is 3.13. The Morgan fingerprint density at radius 3 is 2.41 bits per heavy atom. The highest BCUT2D eigenvalue weighted by molar-refractivity contribution is 9.10. The molecule has 3 rings (SSSR count). The smallest absolute Gasteiger partial charge is 0.216 e. The third-order valence-corrected chi connectivity index (χ3v) is 4.77. The number of H-pyrrole nitrogens is 1. The van der Waals surface area contributed by atoms with Gasteiger partial charge in [0.1, 0.15) is 5.75 Å². The number of hydrogen-bond acceptors (Lipinski definition) is 6.